The Morgan fingerprint density at radius 1 is 1.35 bits per heavy atom. The Hall–Kier alpha value is -0.784. The van der Waals surface area contributed by atoms with E-state index in [0.29, 0.717) is 16.6 Å². The van der Waals surface area contributed by atoms with Crippen LogP contribution >= 0.6 is 11.3 Å². The van der Waals surface area contributed by atoms with Gasteiger partial charge in [0.25, 0.3) is 0 Å². The molecule has 0 bridgehead atoms. The summed E-state index contributed by atoms with van der Waals surface area (Å²) in [6.07, 6.45) is 0. The monoisotopic (exact) mass is 483 g/mol. The number of rotatable bonds is 5. The van der Waals surface area contributed by atoms with Crippen LogP contribution in [0.25, 0.3) is 10.6 Å². The van der Waals surface area contributed by atoms with E-state index in [9.17, 15) is 4.79 Å². The van der Waals surface area contributed by atoms with Gasteiger partial charge in [-0.25, -0.2) is 0 Å². The van der Waals surface area contributed by atoms with Gasteiger partial charge in [0.2, 0.25) is 0 Å². The van der Waals surface area contributed by atoms with Crippen LogP contribution in [0.2, 0.25) is 4.08 Å². The molecule has 0 saturated heterocycles. The van der Waals surface area contributed by atoms with E-state index in [1.165, 1.54) is 25.1 Å². The van der Waals surface area contributed by atoms with Gasteiger partial charge >= 0.3 is 139 Å². The first kappa shape index (κ1) is 15.6. The molecule has 0 aliphatic heterocycles. The molecule has 1 heterocycles. The Morgan fingerprint density at radius 3 is 2.65 bits per heavy atom. The molecule has 0 atom stereocenters. The summed E-state index contributed by atoms with van der Waals surface area (Å²) in [7, 11) is 0. The van der Waals surface area contributed by atoms with Crippen LogP contribution in [0.4, 0.5) is 0 Å². The number of carbonyl (C=O) groups is 1. The number of hydrogen-bond donors (Lipinski definition) is 0. The van der Waals surface area contributed by atoms with E-state index in [1.54, 1.807) is 11.3 Å². The number of ether oxygens (including phenoxy) is 1. The van der Waals surface area contributed by atoms with Gasteiger partial charge in [0.15, 0.2) is 0 Å². The number of esters is 1. The summed E-state index contributed by atoms with van der Waals surface area (Å²) < 4.78 is 5.76. The Kier molecular flexibility index (Phi) is 5.69. The third-order valence-electron chi connectivity index (χ3n) is 2.78. The number of hydrogen-bond acceptors (Lipinski definition) is 4. The first-order valence-electron chi connectivity index (χ1n) is 6.40. The standard InChI is InChI=1S/C15H16NO2S.Po/c1-10(2)14-13(9-18-11(3)17)19-15(16-14)12-7-5-4-6-8-12;/h4-8,10H,3,9H2,1-2H3;. The normalized spacial score (nSPS) is 10.8. The van der Waals surface area contributed by atoms with Crippen molar-refractivity contribution in [3.63, 3.8) is 0 Å². The average Bonchev–Trinajstić information content (AvgIpc) is 2.90. The summed E-state index contributed by atoms with van der Waals surface area (Å²) in [4.78, 5) is 17.1. The van der Waals surface area contributed by atoms with Gasteiger partial charge in [-0.15, -0.1) is 0 Å². The summed E-state index contributed by atoms with van der Waals surface area (Å²) in [5.41, 5.74) is 2.14. The third-order valence-corrected chi connectivity index (χ3v) is 4.79. The Labute approximate surface area is 138 Å². The van der Waals surface area contributed by atoms with Crippen LogP contribution in [-0.2, 0) is 16.1 Å². The summed E-state index contributed by atoms with van der Waals surface area (Å²) in [6, 6.07) is 10.1. The fraction of sp³-hybridized carbons (Fsp3) is 0.333. The Morgan fingerprint density at radius 2 is 2.05 bits per heavy atom. The van der Waals surface area contributed by atoms with Crippen LogP contribution < -0.4 is 0 Å². The molecule has 105 valence electrons. The average molecular weight is 483 g/mol. The van der Waals surface area contributed by atoms with Gasteiger partial charge in [0, 0.05) is 0 Å². The molecule has 0 unspecified atom stereocenters. The van der Waals surface area contributed by atoms with Crippen molar-refractivity contribution in [1.29, 1.82) is 0 Å². The van der Waals surface area contributed by atoms with Gasteiger partial charge in [-0.2, -0.15) is 0 Å². The molecule has 0 fully saturated rings. The Balaban J connectivity index is 2.27. The maximum atomic E-state index is 11.3. The number of benzene rings is 1. The fourth-order valence-electron chi connectivity index (χ4n) is 1.81. The van der Waals surface area contributed by atoms with Crippen molar-refractivity contribution in [2.75, 3.05) is 0 Å². The summed E-state index contributed by atoms with van der Waals surface area (Å²) >= 11 is 2.84. The van der Waals surface area contributed by atoms with Crippen molar-refractivity contribution in [1.82, 2.24) is 4.98 Å². The van der Waals surface area contributed by atoms with Crippen molar-refractivity contribution in [3.05, 3.63) is 40.9 Å². The summed E-state index contributed by atoms with van der Waals surface area (Å²) in [6.45, 7) is 4.56. The van der Waals surface area contributed by atoms with Crippen molar-refractivity contribution in [2.24, 2.45) is 0 Å². The first-order valence-corrected chi connectivity index (χ1v) is 9.46. The molecule has 0 aliphatic rings. The van der Waals surface area contributed by atoms with Gasteiger partial charge in [-0.05, 0) is 0 Å². The third kappa shape index (κ3) is 3.87. The second-order valence-electron chi connectivity index (χ2n) is 4.65. The van der Waals surface area contributed by atoms with E-state index in [1.807, 2.05) is 30.3 Å². The topological polar surface area (TPSA) is 39.2 Å². The quantitative estimate of drug-likeness (QED) is 0.611. The predicted octanol–water partition coefficient (Wildman–Crippen LogP) is 3.56. The number of thiazole rings is 1. The number of nitrogens with zero attached hydrogens (tertiary/aromatic N) is 1. The minimum absolute atomic E-state index is 0.135. The van der Waals surface area contributed by atoms with Gasteiger partial charge in [-0.3, -0.25) is 0 Å². The SMILES string of the molecule is CC(C)c1nc(-c2ccccc2)sc1COC(=O)[CH2][Po]. The van der Waals surface area contributed by atoms with Crippen LogP contribution in [0.5, 0.6) is 0 Å². The second-order valence-corrected chi connectivity index (χ2v) is 6.86. The molecule has 20 heavy (non-hydrogen) atoms. The van der Waals surface area contributed by atoms with Gasteiger partial charge in [-0.1, -0.05) is 0 Å². The minimum atomic E-state index is -0.135. The molecule has 2 aromatic rings. The second kappa shape index (κ2) is 7.29. The molecule has 0 amide bonds. The van der Waals surface area contributed by atoms with Gasteiger partial charge in [0.1, 0.15) is 0 Å². The van der Waals surface area contributed by atoms with E-state index in [4.69, 9.17) is 9.72 Å². The molecule has 2 rings (SSSR count). The Bertz CT molecular complexity index is 581. The molecule has 1 aromatic heterocycles. The van der Waals surface area contributed by atoms with E-state index < -0.39 is 0 Å². The molecular formula is C15H16NO2PoS. The van der Waals surface area contributed by atoms with Gasteiger partial charge in [0.05, 0.1) is 0 Å². The van der Waals surface area contributed by atoms with E-state index in [0.717, 1.165) is 21.1 Å². The molecule has 0 saturated carbocycles. The molecule has 0 N–H and O–H groups in total. The van der Waals surface area contributed by atoms with Crippen molar-refractivity contribution < 1.29 is 9.53 Å². The van der Waals surface area contributed by atoms with Crippen LogP contribution in [0.1, 0.15) is 30.3 Å². The van der Waals surface area contributed by atoms with Crippen LogP contribution in [-0.4, -0.2) is 36.0 Å². The molecular weight excluding hydrogens is 467 g/mol. The van der Waals surface area contributed by atoms with Crippen molar-refractivity contribution in [2.45, 2.75) is 30.5 Å². The maximum absolute atomic E-state index is 11.3. The molecule has 0 aliphatic carbocycles. The summed E-state index contributed by atoms with van der Waals surface area (Å²) in [5.74, 6) is 0.189. The van der Waals surface area contributed by atoms with Crippen molar-refractivity contribution in [3.8, 4) is 10.6 Å². The molecule has 1 aromatic carbocycles. The van der Waals surface area contributed by atoms with Crippen LogP contribution in [0, 0.1) is 0 Å². The van der Waals surface area contributed by atoms with Crippen molar-refractivity contribution >= 4 is 42.4 Å². The molecule has 0 spiro atoms. The van der Waals surface area contributed by atoms with Gasteiger partial charge < -0.3 is 0 Å². The zero-order valence-corrected chi connectivity index (χ0v) is 15.4. The zero-order valence-electron chi connectivity index (χ0n) is 11.5. The van der Waals surface area contributed by atoms with Crippen LogP contribution in [0.15, 0.2) is 30.3 Å². The molecule has 3 nitrogen and oxygen atoms in total. The number of aromatic nitrogens is 1. The van der Waals surface area contributed by atoms with E-state index in [2.05, 4.69) is 13.8 Å². The summed E-state index contributed by atoms with van der Waals surface area (Å²) in [5, 5.41) is 0.988. The number of carbonyl (C=O) groups excluding carboxylic acids is 1. The zero-order chi connectivity index (χ0) is 14.5. The molecule has 5 heteroatoms. The predicted molar refractivity (Wildman–Crippen MR) is 82.0 cm³/mol. The van der Waals surface area contributed by atoms with E-state index >= 15 is 0 Å². The van der Waals surface area contributed by atoms with Crippen LogP contribution in [0.3, 0.4) is 0 Å². The molecule has 1 radical (unpaired) electrons. The van der Waals surface area contributed by atoms with E-state index in [-0.39, 0.29) is 5.97 Å². The first-order chi connectivity index (χ1) is 9.61. The fourth-order valence-corrected chi connectivity index (χ4v) is 3.27.